The number of esters is 1. The molecule has 0 aromatic carbocycles. The van der Waals surface area contributed by atoms with Crippen LogP contribution in [-0.4, -0.2) is 44.6 Å². The van der Waals surface area contributed by atoms with E-state index in [0.717, 1.165) is 19.4 Å². The Labute approximate surface area is 122 Å². The number of hydrogen-bond donors (Lipinski definition) is 1. The maximum atomic E-state index is 12.5. The molecule has 0 aromatic heterocycles. The van der Waals surface area contributed by atoms with Gasteiger partial charge in [-0.25, -0.2) is 8.42 Å². The molecule has 0 saturated heterocycles. The number of hydrogen-bond acceptors (Lipinski definition) is 5. The Balaban J connectivity index is 2.92. The third-order valence-corrected chi connectivity index (χ3v) is 6.10. The smallest absolute Gasteiger partial charge is 0.321 e. The van der Waals surface area contributed by atoms with Crippen LogP contribution in [0.2, 0.25) is 0 Å². The largest absolute Gasteiger partial charge is 0.465 e. The van der Waals surface area contributed by atoms with E-state index < -0.39 is 26.8 Å². The number of nitrogens with one attached hydrogen (secondary N) is 1. The first kappa shape index (κ1) is 17.4. The minimum absolute atomic E-state index is 0.0827. The van der Waals surface area contributed by atoms with Crippen molar-refractivity contribution in [1.82, 2.24) is 5.32 Å². The van der Waals surface area contributed by atoms with E-state index >= 15 is 0 Å². The molecule has 0 spiro atoms. The average Bonchev–Trinajstić information content (AvgIpc) is 2.31. The SMILES string of the molecule is CCNC1C(S(=O)(=O)CC(=O)OCC)CCCC1(C)C. The summed E-state index contributed by atoms with van der Waals surface area (Å²) in [6.45, 7) is 8.76. The van der Waals surface area contributed by atoms with Gasteiger partial charge in [0.2, 0.25) is 0 Å². The van der Waals surface area contributed by atoms with Crippen molar-refractivity contribution in [3.05, 3.63) is 0 Å². The van der Waals surface area contributed by atoms with E-state index in [9.17, 15) is 13.2 Å². The van der Waals surface area contributed by atoms with Gasteiger partial charge in [-0.2, -0.15) is 0 Å². The van der Waals surface area contributed by atoms with E-state index in [4.69, 9.17) is 4.74 Å². The standard InChI is InChI=1S/C14H27NO4S/c1-5-15-13-11(8-7-9-14(13,3)4)20(17,18)10-12(16)19-6-2/h11,13,15H,5-10H2,1-4H3. The summed E-state index contributed by atoms with van der Waals surface area (Å²) in [6, 6.07) is -0.110. The molecule has 1 N–H and O–H groups in total. The Kier molecular flexibility index (Phi) is 6.01. The fourth-order valence-corrected chi connectivity index (χ4v) is 5.10. The molecule has 1 fully saturated rings. The fraction of sp³-hybridized carbons (Fsp3) is 0.929. The predicted octanol–water partition coefficient (Wildman–Crippen LogP) is 1.52. The van der Waals surface area contributed by atoms with Crippen LogP contribution in [0, 0.1) is 5.41 Å². The number of carbonyl (C=O) groups is 1. The highest BCUT2D eigenvalue weighted by Gasteiger charge is 2.45. The van der Waals surface area contributed by atoms with Crippen molar-refractivity contribution in [1.29, 1.82) is 0 Å². The highest BCUT2D eigenvalue weighted by Crippen LogP contribution is 2.38. The minimum Gasteiger partial charge on any atom is -0.465 e. The normalized spacial score (nSPS) is 26.2. The maximum Gasteiger partial charge on any atom is 0.321 e. The number of carbonyl (C=O) groups excluding carboxylic acids is 1. The lowest BCUT2D eigenvalue weighted by Gasteiger charge is -2.44. The summed E-state index contributed by atoms with van der Waals surface area (Å²) >= 11 is 0. The summed E-state index contributed by atoms with van der Waals surface area (Å²) in [5, 5.41) is 2.80. The van der Waals surface area contributed by atoms with Gasteiger partial charge in [-0.1, -0.05) is 27.2 Å². The summed E-state index contributed by atoms with van der Waals surface area (Å²) in [5.74, 6) is -1.16. The van der Waals surface area contributed by atoms with Crippen molar-refractivity contribution in [2.45, 2.75) is 58.2 Å². The second-order valence-corrected chi connectivity index (χ2v) is 8.29. The quantitative estimate of drug-likeness (QED) is 0.753. The van der Waals surface area contributed by atoms with Crippen LogP contribution >= 0.6 is 0 Å². The molecular formula is C14H27NO4S. The van der Waals surface area contributed by atoms with Gasteiger partial charge in [0.05, 0.1) is 11.9 Å². The van der Waals surface area contributed by atoms with E-state index in [2.05, 4.69) is 19.2 Å². The lowest BCUT2D eigenvalue weighted by molar-refractivity contribution is -0.139. The van der Waals surface area contributed by atoms with Crippen LogP contribution in [0.3, 0.4) is 0 Å². The van der Waals surface area contributed by atoms with Gasteiger partial charge in [-0.15, -0.1) is 0 Å². The zero-order valence-corrected chi connectivity index (χ0v) is 13.8. The summed E-state index contributed by atoms with van der Waals surface area (Å²) in [7, 11) is -3.48. The van der Waals surface area contributed by atoms with Gasteiger partial charge in [0.1, 0.15) is 5.75 Å². The molecule has 0 radical (unpaired) electrons. The van der Waals surface area contributed by atoms with E-state index in [0.29, 0.717) is 6.42 Å². The molecule has 1 saturated carbocycles. The van der Waals surface area contributed by atoms with Crippen molar-refractivity contribution >= 4 is 15.8 Å². The molecule has 1 rings (SSSR count). The number of rotatable bonds is 6. The van der Waals surface area contributed by atoms with E-state index in [1.165, 1.54) is 0 Å². The first-order valence-electron chi connectivity index (χ1n) is 7.35. The van der Waals surface area contributed by atoms with Crippen molar-refractivity contribution in [2.24, 2.45) is 5.41 Å². The first-order valence-corrected chi connectivity index (χ1v) is 9.06. The Hall–Kier alpha value is -0.620. The van der Waals surface area contributed by atoms with Gasteiger partial charge < -0.3 is 10.1 Å². The van der Waals surface area contributed by atoms with Gasteiger partial charge in [-0.3, -0.25) is 4.79 Å². The van der Waals surface area contributed by atoms with Gasteiger partial charge >= 0.3 is 5.97 Å². The minimum atomic E-state index is -3.48. The molecule has 0 heterocycles. The summed E-state index contributed by atoms with van der Waals surface area (Å²) in [5.41, 5.74) is -0.0827. The highest BCUT2D eigenvalue weighted by molar-refractivity contribution is 7.92. The third kappa shape index (κ3) is 4.19. The fourth-order valence-electron chi connectivity index (χ4n) is 3.07. The molecular weight excluding hydrogens is 278 g/mol. The molecule has 5 nitrogen and oxygen atoms in total. The predicted molar refractivity (Wildman–Crippen MR) is 79.3 cm³/mol. The van der Waals surface area contributed by atoms with E-state index in [-0.39, 0.29) is 18.1 Å². The molecule has 1 aliphatic carbocycles. The monoisotopic (exact) mass is 305 g/mol. The molecule has 20 heavy (non-hydrogen) atoms. The van der Waals surface area contributed by atoms with Crippen LogP contribution in [-0.2, 0) is 19.4 Å². The molecule has 1 aliphatic rings. The summed E-state index contributed by atoms with van der Waals surface area (Å²) in [4.78, 5) is 11.5. The second-order valence-electron chi connectivity index (χ2n) is 6.07. The lowest BCUT2D eigenvalue weighted by atomic mass is 9.73. The molecule has 0 aliphatic heterocycles. The third-order valence-electron chi connectivity index (χ3n) is 4.03. The molecule has 0 aromatic rings. The van der Waals surface area contributed by atoms with Crippen LogP contribution in [0.15, 0.2) is 0 Å². The van der Waals surface area contributed by atoms with Gasteiger partial charge in [0, 0.05) is 6.04 Å². The molecule has 0 bridgehead atoms. The summed E-state index contributed by atoms with van der Waals surface area (Å²) < 4.78 is 29.8. The van der Waals surface area contributed by atoms with Crippen LogP contribution in [0.4, 0.5) is 0 Å². The van der Waals surface area contributed by atoms with Gasteiger partial charge in [-0.05, 0) is 31.7 Å². The van der Waals surface area contributed by atoms with Crippen LogP contribution < -0.4 is 5.32 Å². The lowest BCUT2D eigenvalue weighted by Crippen LogP contribution is -2.56. The Morgan fingerprint density at radius 2 is 2.00 bits per heavy atom. The number of sulfone groups is 1. The molecule has 6 heteroatoms. The summed E-state index contributed by atoms with van der Waals surface area (Å²) in [6.07, 6.45) is 2.49. The molecule has 118 valence electrons. The molecule has 2 atom stereocenters. The number of ether oxygens (including phenoxy) is 1. The van der Waals surface area contributed by atoms with Crippen molar-refractivity contribution in [2.75, 3.05) is 18.9 Å². The van der Waals surface area contributed by atoms with Gasteiger partial charge in [0.25, 0.3) is 0 Å². The average molecular weight is 305 g/mol. The van der Waals surface area contributed by atoms with Crippen molar-refractivity contribution in [3.63, 3.8) is 0 Å². The van der Waals surface area contributed by atoms with Crippen molar-refractivity contribution < 1.29 is 17.9 Å². The Morgan fingerprint density at radius 1 is 1.35 bits per heavy atom. The van der Waals surface area contributed by atoms with Crippen LogP contribution in [0.5, 0.6) is 0 Å². The van der Waals surface area contributed by atoms with Crippen molar-refractivity contribution in [3.8, 4) is 0 Å². The van der Waals surface area contributed by atoms with E-state index in [1.54, 1.807) is 6.92 Å². The topological polar surface area (TPSA) is 72.5 Å². The second kappa shape index (κ2) is 6.89. The van der Waals surface area contributed by atoms with E-state index in [1.807, 2.05) is 6.92 Å². The molecule has 2 unspecified atom stereocenters. The Bertz CT molecular complexity index is 430. The van der Waals surface area contributed by atoms with Gasteiger partial charge in [0.15, 0.2) is 9.84 Å². The highest BCUT2D eigenvalue weighted by atomic mass is 32.2. The zero-order valence-electron chi connectivity index (χ0n) is 12.9. The van der Waals surface area contributed by atoms with Crippen LogP contribution in [0.1, 0.15) is 47.0 Å². The van der Waals surface area contributed by atoms with Crippen LogP contribution in [0.25, 0.3) is 0 Å². The first-order chi connectivity index (χ1) is 9.24. The zero-order chi connectivity index (χ0) is 15.4. The molecule has 0 amide bonds. The maximum absolute atomic E-state index is 12.5. The Morgan fingerprint density at radius 3 is 2.55 bits per heavy atom.